The monoisotopic (exact) mass is 302 g/mol. The van der Waals surface area contributed by atoms with Crippen LogP contribution in [0, 0.1) is 11.8 Å². The molecule has 0 saturated heterocycles. The molecule has 0 aliphatic heterocycles. The standard InChI is InChI=1S/C21H31F/c1-2-18-7-9-20(10-8-18)15-16-21-13-11-19(12-14-21)6-4-3-5-17-22/h4,6-10,19,21H,2-3,5,11-17H2,1H3/b6-4+. The van der Waals surface area contributed by atoms with E-state index in [1.54, 1.807) is 0 Å². The second-order valence-corrected chi connectivity index (χ2v) is 6.75. The van der Waals surface area contributed by atoms with Gasteiger partial charge in [-0.3, -0.25) is 4.39 Å². The van der Waals surface area contributed by atoms with E-state index >= 15 is 0 Å². The lowest BCUT2D eigenvalue weighted by molar-refractivity contribution is 0.296. The molecule has 122 valence electrons. The van der Waals surface area contributed by atoms with Crippen LogP contribution in [0.2, 0.25) is 0 Å². The van der Waals surface area contributed by atoms with Crippen molar-refractivity contribution < 1.29 is 4.39 Å². The first-order valence-electron chi connectivity index (χ1n) is 9.12. The highest BCUT2D eigenvalue weighted by atomic mass is 19.1. The molecule has 0 amide bonds. The summed E-state index contributed by atoms with van der Waals surface area (Å²) in [4.78, 5) is 0. The zero-order chi connectivity index (χ0) is 15.6. The Hall–Kier alpha value is -1.11. The first-order chi connectivity index (χ1) is 10.8. The van der Waals surface area contributed by atoms with Crippen molar-refractivity contribution in [3.63, 3.8) is 0 Å². The van der Waals surface area contributed by atoms with Gasteiger partial charge >= 0.3 is 0 Å². The first-order valence-corrected chi connectivity index (χ1v) is 9.12. The summed E-state index contributed by atoms with van der Waals surface area (Å²) in [5, 5.41) is 0. The quantitative estimate of drug-likeness (QED) is 0.391. The Kier molecular flexibility index (Phi) is 7.70. The third-order valence-corrected chi connectivity index (χ3v) is 5.08. The second kappa shape index (κ2) is 9.82. The van der Waals surface area contributed by atoms with E-state index in [0.717, 1.165) is 24.7 Å². The number of hydrogen-bond donors (Lipinski definition) is 0. The van der Waals surface area contributed by atoms with Gasteiger partial charge in [-0.1, -0.05) is 43.3 Å². The topological polar surface area (TPSA) is 0 Å². The van der Waals surface area contributed by atoms with Crippen molar-refractivity contribution in [1.29, 1.82) is 0 Å². The van der Waals surface area contributed by atoms with Crippen molar-refractivity contribution in [2.24, 2.45) is 11.8 Å². The third-order valence-electron chi connectivity index (χ3n) is 5.08. The molecule has 0 bridgehead atoms. The number of unbranched alkanes of at least 4 members (excludes halogenated alkanes) is 1. The molecule has 1 aromatic carbocycles. The highest BCUT2D eigenvalue weighted by Crippen LogP contribution is 2.32. The van der Waals surface area contributed by atoms with E-state index in [1.807, 2.05) is 0 Å². The van der Waals surface area contributed by atoms with Gasteiger partial charge in [-0.05, 0) is 80.8 Å². The van der Waals surface area contributed by atoms with Crippen molar-refractivity contribution in [3.8, 4) is 0 Å². The molecule has 0 spiro atoms. The van der Waals surface area contributed by atoms with Gasteiger partial charge in [-0.15, -0.1) is 0 Å². The molecule has 0 unspecified atom stereocenters. The molecular weight excluding hydrogens is 271 g/mol. The van der Waals surface area contributed by atoms with Crippen molar-refractivity contribution in [1.82, 2.24) is 0 Å². The molecule has 0 aromatic heterocycles. The molecular formula is C21H31F. The van der Waals surface area contributed by atoms with Gasteiger partial charge < -0.3 is 0 Å². The Labute approximate surface area is 135 Å². The SMILES string of the molecule is CCc1ccc(CCC2CCC(/C=C/CCCF)CC2)cc1. The van der Waals surface area contributed by atoms with Gasteiger partial charge in [0.05, 0.1) is 6.67 Å². The molecule has 1 fully saturated rings. The highest BCUT2D eigenvalue weighted by molar-refractivity contribution is 5.22. The van der Waals surface area contributed by atoms with Crippen LogP contribution in [-0.4, -0.2) is 6.67 Å². The van der Waals surface area contributed by atoms with E-state index in [1.165, 1.54) is 49.7 Å². The number of benzene rings is 1. The van der Waals surface area contributed by atoms with E-state index in [0.29, 0.717) is 6.42 Å². The normalized spacial score (nSPS) is 22.3. The number of hydrogen-bond acceptors (Lipinski definition) is 0. The zero-order valence-electron chi connectivity index (χ0n) is 14.1. The van der Waals surface area contributed by atoms with E-state index in [9.17, 15) is 4.39 Å². The van der Waals surface area contributed by atoms with E-state index in [-0.39, 0.29) is 6.67 Å². The predicted octanol–water partition coefficient (Wildman–Crippen LogP) is 6.29. The van der Waals surface area contributed by atoms with Crippen LogP contribution >= 0.6 is 0 Å². The van der Waals surface area contributed by atoms with Crippen molar-refractivity contribution in [2.75, 3.05) is 6.67 Å². The largest absolute Gasteiger partial charge is 0.251 e. The number of rotatable bonds is 8. The van der Waals surface area contributed by atoms with E-state index < -0.39 is 0 Å². The molecule has 0 atom stereocenters. The number of halogens is 1. The average Bonchev–Trinajstić information content (AvgIpc) is 2.58. The van der Waals surface area contributed by atoms with Gasteiger partial charge in [0.25, 0.3) is 0 Å². The molecule has 0 nitrogen and oxygen atoms in total. The summed E-state index contributed by atoms with van der Waals surface area (Å²) >= 11 is 0. The third kappa shape index (κ3) is 5.94. The lowest BCUT2D eigenvalue weighted by Crippen LogP contribution is -2.13. The van der Waals surface area contributed by atoms with Gasteiger partial charge in [0, 0.05) is 0 Å². The summed E-state index contributed by atoms with van der Waals surface area (Å²) in [7, 11) is 0. The van der Waals surface area contributed by atoms with Crippen LogP contribution in [0.4, 0.5) is 4.39 Å². The van der Waals surface area contributed by atoms with Crippen LogP contribution < -0.4 is 0 Å². The fourth-order valence-electron chi connectivity index (χ4n) is 3.47. The summed E-state index contributed by atoms with van der Waals surface area (Å²) in [6, 6.07) is 9.15. The Morgan fingerprint density at radius 3 is 2.36 bits per heavy atom. The van der Waals surface area contributed by atoms with Gasteiger partial charge in [-0.25, -0.2) is 0 Å². The molecule has 22 heavy (non-hydrogen) atoms. The van der Waals surface area contributed by atoms with Crippen LogP contribution in [0.3, 0.4) is 0 Å². The Balaban J connectivity index is 1.65. The van der Waals surface area contributed by atoms with Gasteiger partial charge in [0.1, 0.15) is 0 Å². The predicted molar refractivity (Wildman–Crippen MR) is 93.9 cm³/mol. The molecule has 1 aromatic rings. The van der Waals surface area contributed by atoms with Crippen LogP contribution in [-0.2, 0) is 12.8 Å². The van der Waals surface area contributed by atoms with Crippen LogP contribution in [0.25, 0.3) is 0 Å². The van der Waals surface area contributed by atoms with E-state index in [2.05, 4.69) is 43.3 Å². The molecule has 0 N–H and O–H groups in total. The Morgan fingerprint density at radius 2 is 1.73 bits per heavy atom. The van der Waals surface area contributed by atoms with Crippen molar-refractivity contribution in [3.05, 3.63) is 47.5 Å². The molecule has 1 heteroatoms. The Bertz CT molecular complexity index is 424. The fourth-order valence-corrected chi connectivity index (χ4v) is 3.47. The summed E-state index contributed by atoms with van der Waals surface area (Å²) in [5.41, 5.74) is 2.93. The van der Waals surface area contributed by atoms with Crippen molar-refractivity contribution >= 4 is 0 Å². The first kappa shape index (κ1) is 17.2. The van der Waals surface area contributed by atoms with Crippen LogP contribution in [0.15, 0.2) is 36.4 Å². The molecule has 1 aliphatic carbocycles. The maximum absolute atomic E-state index is 12.0. The average molecular weight is 302 g/mol. The molecule has 0 heterocycles. The minimum Gasteiger partial charge on any atom is -0.251 e. The molecule has 1 aliphatic rings. The summed E-state index contributed by atoms with van der Waals surface area (Å²) in [5.74, 6) is 1.65. The van der Waals surface area contributed by atoms with Crippen LogP contribution in [0.5, 0.6) is 0 Å². The minimum absolute atomic E-state index is 0.184. The van der Waals surface area contributed by atoms with Crippen molar-refractivity contribution in [2.45, 2.75) is 64.7 Å². The second-order valence-electron chi connectivity index (χ2n) is 6.75. The minimum atomic E-state index is -0.184. The molecule has 2 rings (SSSR count). The Morgan fingerprint density at radius 1 is 1.05 bits per heavy atom. The highest BCUT2D eigenvalue weighted by Gasteiger charge is 2.19. The van der Waals surface area contributed by atoms with Gasteiger partial charge in [0.2, 0.25) is 0 Å². The summed E-state index contributed by atoms with van der Waals surface area (Å²) in [6.07, 6.45) is 15.2. The maximum atomic E-state index is 12.0. The number of aryl methyl sites for hydroxylation is 2. The van der Waals surface area contributed by atoms with Crippen LogP contribution in [0.1, 0.15) is 63.0 Å². The number of allylic oxidation sites excluding steroid dienone is 2. The van der Waals surface area contributed by atoms with Gasteiger partial charge in [0.15, 0.2) is 0 Å². The van der Waals surface area contributed by atoms with E-state index in [4.69, 9.17) is 0 Å². The lowest BCUT2D eigenvalue weighted by Gasteiger charge is -2.26. The van der Waals surface area contributed by atoms with Gasteiger partial charge in [-0.2, -0.15) is 0 Å². The summed E-state index contributed by atoms with van der Waals surface area (Å²) < 4.78 is 12.0. The summed E-state index contributed by atoms with van der Waals surface area (Å²) in [6.45, 7) is 2.02. The molecule has 0 radical (unpaired) electrons. The lowest BCUT2D eigenvalue weighted by atomic mass is 9.79. The molecule has 1 saturated carbocycles. The zero-order valence-corrected chi connectivity index (χ0v) is 14.1. The smallest absolute Gasteiger partial charge is 0.0897 e. The maximum Gasteiger partial charge on any atom is 0.0897 e. The number of alkyl halides is 1. The fraction of sp³-hybridized carbons (Fsp3) is 0.619.